The first-order valence-corrected chi connectivity index (χ1v) is 4.89. The van der Waals surface area contributed by atoms with E-state index in [-0.39, 0.29) is 5.82 Å². The van der Waals surface area contributed by atoms with E-state index in [2.05, 4.69) is 5.32 Å². The Morgan fingerprint density at radius 2 is 2.42 bits per heavy atom. The molecule has 1 N–H and O–H groups in total. The summed E-state index contributed by atoms with van der Waals surface area (Å²) in [6, 6.07) is 5.31. The van der Waals surface area contributed by atoms with E-state index in [4.69, 9.17) is 0 Å². The molecule has 1 aliphatic heterocycles. The fraction of sp³-hybridized carbons (Fsp3) is 0.333. The Labute approximate surface area is 75.4 Å². The summed E-state index contributed by atoms with van der Waals surface area (Å²) in [4.78, 5) is 1.20. The van der Waals surface area contributed by atoms with Crippen molar-refractivity contribution in [2.45, 2.75) is 10.9 Å². The van der Waals surface area contributed by atoms with E-state index in [1.54, 1.807) is 17.8 Å². The van der Waals surface area contributed by atoms with Crippen molar-refractivity contribution in [1.82, 2.24) is 5.32 Å². The van der Waals surface area contributed by atoms with Crippen molar-refractivity contribution in [3.63, 3.8) is 0 Å². The summed E-state index contributed by atoms with van der Waals surface area (Å²) in [5.74, 6) is 0.867. The van der Waals surface area contributed by atoms with Gasteiger partial charge in [0.15, 0.2) is 0 Å². The summed E-state index contributed by atoms with van der Waals surface area (Å²) >= 11 is 1.78. The van der Waals surface area contributed by atoms with Crippen molar-refractivity contribution < 1.29 is 4.39 Å². The largest absolute Gasteiger partial charge is 0.312 e. The summed E-state index contributed by atoms with van der Waals surface area (Å²) in [6.45, 7) is 0. The summed E-state index contributed by atoms with van der Waals surface area (Å²) in [7, 11) is 1.91. The molecular formula is C9H10FNS. The molecule has 0 fully saturated rings. The van der Waals surface area contributed by atoms with Crippen LogP contribution in [0.3, 0.4) is 0 Å². The smallest absolute Gasteiger partial charge is 0.123 e. The molecule has 0 radical (unpaired) electrons. The molecule has 0 saturated heterocycles. The number of benzene rings is 1. The zero-order valence-corrected chi connectivity index (χ0v) is 7.62. The summed E-state index contributed by atoms with van der Waals surface area (Å²) in [5.41, 5.74) is 1.10. The maximum atomic E-state index is 12.8. The van der Waals surface area contributed by atoms with Crippen LogP contribution in [-0.2, 0) is 0 Å². The molecule has 0 bridgehead atoms. The summed E-state index contributed by atoms with van der Waals surface area (Å²) in [5, 5.41) is 3.16. The monoisotopic (exact) mass is 183 g/mol. The third-order valence-electron chi connectivity index (χ3n) is 2.10. The first kappa shape index (κ1) is 8.08. The molecule has 0 saturated carbocycles. The number of hydrogen-bond acceptors (Lipinski definition) is 2. The Hall–Kier alpha value is -0.540. The van der Waals surface area contributed by atoms with Gasteiger partial charge in [-0.2, -0.15) is 0 Å². The van der Waals surface area contributed by atoms with Gasteiger partial charge >= 0.3 is 0 Å². The second-order valence-electron chi connectivity index (χ2n) is 2.83. The predicted octanol–water partition coefficient (Wildman–Crippen LogP) is 2.19. The van der Waals surface area contributed by atoms with Crippen LogP contribution in [0.5, 0.6) is 0 Å². The molecule has 2 rings (SSSR count). The molecule has 1 aliphatic rings. The average molecular weight is 183 g/mol. The highest BCUT2D eigenvalue weighted by atomic mass is 32.2. The minimum absolute atomic E-state index is 0.142. The molecule has 64 valence electrons. The zero-order valence-electron chi connectivity index (χ0n) is 6.80. The molecule has 0 aliphatic carbocycles. The van der Waals surface area contributed by atoms with Gasteiger partial charge in [-0.05, 0) is 30.8 Å². The van der Waals surface area contributed by atoms with Gasteiger partial charge in [0.1, 0.15) is 5.82 Å². The van der Waals surface area contributed by atoms with E-state index < -0.39 is 0 Å². The van der Waals surface area contributed by atoms with Crippen LogP contribution in [0, 0.1) is 5.82 Å². The van der Waals surface area contributed by atoms with Crippen molar-refractivity contribution in [2.75, 3.05) is 12.8 Å². The lowest BCUT2D eigenvalue weighted by atomic mass is 10.1. The lowest BCUT2D eigenvalue weighted by molar-refractivity contribution is 0.610. The molecule has 1 aromatic rings. The van der Waals surface area contributed by atoms with E-state index >= 15 is 0 Å². The maximum absolute atomic E-state index is 12.8. The normalized spacial score (nSPS) is 21.0. The number of nitrogens with one attached hydrogen (secondary N) is 1. The van der Waals surface area contributed by atoms with Gasteiger partial charge in [-0.3, -0.25) is 0 Å². The molecule has 1 unspecified atom stereocenters. The number of rotatable bonds is 1. The van der Waals surface area contributed by atoms with Crippen molar-refractivity contribution >= 4 is 11.8 Å². The number of thioether (sulfide) groups is 1. The van der Waals surface area contributed by atoms with Crippen LogP contribution in [-0.4, -0.2) is 12.8 Å². The molecule has 1 atom stereocenters. The third-order valence-corrected chi connectivity index (χ3v) is 3.28. The van der Waals surface area contributed by atoms with Crippen LogP contribution in [0.15, 0.2) is 23.1 Å². The Morgan fingerprint density at radius 1 is 1.58 bits per heavy atom. The van der Waals surface area contributed by atoms with Gasteiger partial charge in [0.25, 0.3) is 0 Å². The fourth-order valence-electron chi connectivity index (χ4n) is 1.42. The lowest BCUT2D eigenvalue weighted by Gasteiger charge is -2.07. The van der Waals surface area contributed by atoms with Crippen molar-refractivity contribution in [3.8, 4) is 0 Å². The molecule has 1 heterocycles. The predicted molar refractivity (Wildman–Crippen MR) is 48.9 cm³/mol. The van der Waals surface area contributed by atoms with Crippen LogP contribution in [0.1, 0.15) is 11.6 Å². The topological polar surface area (TPSA) is 12.0 Å². The van der Waals surface area contributed by atoms with E-state index in [9.17, 15) is 4.39 Å². The number of halogens is 1. The van der Waals surface area contributed by atoms with Crippen LogP contribution >= 0.6 is 11.8 Å². The minimum atomic E-state index is -0.142. The first-order valence-electron chi connectivity index (χ1n) is 3.91. The maximum Gasteiger partial charge on any atom is 0.123 e. The van der Waals surface area contributed by atoms with Crippen LogP contribution < -0.4 is 5.32 Å². The van der Waals surface area contributed by atoms with Gasteiger partial charge in [-0.25, -0.2) is 4.39 Å². The highest BCUT2D eigenvalue weighted by molar-refractivity contribution is 7.99. The van der Waals surface area contributed by atoms with Gasteiger partial charge in [0, 0.05) is 16.7 Å². The van der Waals surface area contributed by atoms with Crippen molar-refractivity contribution in [2.24, 2.45) is 0 Å². The van der Waals surface area contributed by atoms with Gasteiger partial charge in [0.2, 0.25) is 0 Å². The molecule has 1 aromatic carbocycles. The third kappa shape index (κ3) is 1.23. The van der Waals surface area contributed by atoms with Gasteiger partial charge in [0.05, 0.1) is 0 Å². The van der Waals surface area contributed by atoms with Crippen molar-refractivity contribution in [1.29, 1.82) is 0 Å². The van der Waals surface area contributed by atoms with E-state index in [0.29, 0.717) is 6.04 Å². The van der Waals surface area contributed by atoms with Crippen LogP contribution in [0.4, 0.5) is 4.39 Å². The lowest BCUT2D eigenvalue weighted by Crippen LogP contribution is -2.15. The second kappa shape index (κ2) is 3.07. The fourth-order valence-corrected chi connectivity index (χ4v) is 2.65. The number of hydrogen-bond donors (Lipinski definition) is 1. The molecule has 0 amide bonds. The van der Waals surface area contributed by atoms with Gasteiger partial charge in [-0.1, -0.05) is 0 Å². The number of fused-ring (bicyclic) bond motifs is 1. The Bertz CT molecular complexity index is 301. The Kier molecular flexibility index (Phi) is 2.07. The molecule has 1 nitrogen and oxygen atoms in total. The van der Waals surface area contributed by atoms with Gasteiger partial charge < -0.3 is 5.32 Å². The second-order valence-corrected chi connectivity index (χ2v) is 3.90. The first-order chi connectivity index (χ1) is 5.81. The molecule has 12 heavy (non-hydrogen) atoms. The highest BCUT2D eigenvalue weighted by Crippen LogP contribution is 2.37. The SMILES string of the molecule is CNC1CSc2ccc(F)cc21. The van der Waals surface area contributed by atoms with Crippen molar-refractivity contribution in [3.05, 3.63) is 29.6 Å². The summed E-state index contributed by atoms with van der Waals surface area (Å²) < 4.78 is 12.8. The quantitative estimate of drug-likeness (QED) is 0.716. The van der Waals surface area contributed by atoms with Crippen LogP contribution in [0.2, 0.25) is 0 Å². The molecule has 3 heteroatoms. The standard InChI is InChI=1S/C9H10FNS/c1-11-8-5-12-9-3-2-6(10)4-7(8)9/h2-4,8,11H,5H2,1H3. The van der Waals surface area contributed by atoms with E-state index in [1.807, 2.05) is 13.1 Å². The molecular weight excluding hydrogens is 173 g/mol. The minimum Gasteiger partial charge on any atom is -0.312 e. The molecule has 0 aromatic heterocycles. The van der Waals surface area contributed by atoms with E-state index in [1.165, 1.54) is 11.0 Å². The Balaban J connectivity index is 2.42. The average Bonchev–Trinajstić information content (AvgIpc) is 2.46. The summed E-state index contributed by atoms with van der Waals surface area (Å²) in [6.07, 6.45) is 0. The molecule has 0 spiro atoms. The zero-order chi connectivity index (χ0) is 8.55. The van der Waals surface area contributed by atoms with Gasteiger partial charge in [-0.15, -0.1) is 11.8 Å². The Morgan fingerprint density at radius 3 is 3.17 bits per heavy atom. The van der Waals surface area contributed by atoms with Crippen LogP contribution in [0.25, 0.3) is 0 Å². The van der Waals surface area contributed by atoms with E-state index in [0.717, 1.165) is 11.3 Å². The highest BCUT2D eigenvalue weighted by Gasteiger charge is 2.21.